The highest BCUT2D eigenvalue weighted by molar-refractivity contribution is 5.86. The Morgan fingerprint density at radius 3 is 2.67 bits per heavy atom. The lowest BCUT2D eigenvalue weighted by Gasteiger charge is -2.05. The van der Waals surface area contributed by atoms with Crippen LogP contribution in [-0.4, -0.2) is 4.98 Å². The Hall–Kier alpha value is -2.19. The van der Waals surface area contributed by atoms with Crippen LogP contribution in [0.4, 0.5) is 0 Å². The molecule has 0 atom stereocenters. The minimum atomic E-state index is 0.575. The van der Waals surface area contributed by atoms with E-state index in [2.05, 4.69) is 41.4 Å². The van der Waals surface area contributed by atoms with E-state index in [0.717, 1.165) is 10.9 Å². The second-order valence-electron chi connectivity index (χ2n) is 4.34. The molecule has 0 aliphatic heterocycles. The van der Waals surface area contributed by atoms with Gasteiger partial charge in [0.2, 0.25) is 0 Å². The van der Waals surface area contributed by atoms with E-state index < -0.39 is 0 Å². The molecule has 0 spiro atoms. The molecule has 2 heteroatoms. The summed E-state index contributed by atoms with van der Waals surface area (Å²) in [6.07, 6.45) is 3.71. The van der Waals surface area contributed by atoms with Crippen LogP contribution in [0.2, 0.25) is 0 Å². The summed E-state index contributed by atoms with van der Waals surface area (Å²) in [5.41, 5.74) is 9.25. The fourth-order valence-corrected chi connectivity index (χ4v) is 2.14. The second-order valence-corrected chi connectivity index (χ2v) is 4.34. The lowest BCUT2D eigenvalue weighted by atomic mass is 10.0. The molecule has 0 radical (unpaired) electrons. The molecule has 2 nitrogen and oxygen atoms in total. The van der Waals surface area contributed by atoms with E-state index in [1.165, 1.54) is 16.5 Å². The van der Waals surface area contributed by atoms with Gasteiger partial charge in [0.1, 0.15) is 0 Å². The molecule has 3 aromatic rings. The van der Waals surface area contributed by atoms with Crippen LogP contribution in [0.3, 0.4) is 0 Å². The molecule has 0 saturated heterocycles. The largest absolute Gasteiger partial charge is 0.326 e. The molecular weight excluding hydrogens is 220 g/mol. The van der Waals surface area contributed by atoms with Crippen LogP contribution in [0.15, 0.2) is 60.9 Å². The lowest BCUT2D eigenvalue weighted by molar-refractivity contribution is 1.07. The monoisotopic (exact) mass is 234 g/mol. The number of rotatable bonds is 2. The van der Waals surface area contributed by atoms with E-state index in [-0.39, 0.29) is 0 Å². The van der Waals surface area contributed by atoms with Crippen LogP contribution >= 0.6 is 0 Å². The van der Waals surface area contributed by atoms with Crippen LogP contribution in [0.5, 0.6) is 0 Å². The van der Waals surface area contributed by atoms with Gasteiger partial charge in [-0.2, -0.15) is 0 Å². The number of nitrogens with zero attached hydrogens (tertiary/aromatic N) is 1. The molecule has 0 amide bonds. The van der Waals surface area contributed by atoms with Gasteiger partial charge in [-0.1, -0.05) is 30.3 Å². The molecule has 0 fully saturated rings. The molecule has 88 valence electrons. The predicted octanol–water partition coefficient (Wildman–Crippen LogP) is 3.36. The standard InChI is InChI=1S/C16H14N2/c17-10-12-2-1-3-13(8-12)14-4-5-16-11-18-7-6-15(16)9-14/h1-9,11H,10,17H2. The molecule has 0 saturated carbocycles. The van der Waals surface area contributed by atoms with Gasteiger partial charge in [-0.25, -0.2) is 0 Å². The van der Waals surface area contributed by atoms with Crippen molar-refractivity contribution in [1.29, 1.82) is 0 Å². The Labute approximate surface area is 106 Å². The highest BCUT2D eigenvalue weighted by atomic mass is 14.6. The van der Waals surface area contributed by atoms with Crippen molar-refractivity contribution in [3.05, 3.63) is 66.5 Å². The number of hydrogen-bond donors (Lipinski definition) is 1. The van der Waals surface area contributed by atoms with Gasteiger partial charge in [-0.05, 0) is 40.3 Å². The lowest BCUT2D eigenvalue weighted by Crippen LogP contribution is -1.95. The molecule has 0 unspecified atom stereocenters. The van der Waals surface area contributed by atoms with Gasteiger partial charge in [0.25, 0.3) is 0 Å². The highest BCUT2D eigenvalue weighted by Crippen LogP contribution is 2.24. The number of aromatic nitrogens is 1. The summed E-state index contributed by atoms with van der Waals surface area (Å²) in [7, 11) is 0. The SMILES string of the molecule is NCc1cccc(-c2ccc3cnccc3c2)c1. The Bertz CT molecular complexity index is 689. The van der Waals surface area contributed by atoms with E-state index in [1.807, 2.05) is 24.5 Å². The molecule has 1 heterocycles. The summed E-state index contributed by atoms with van der Waals surface area (Å²) in [6.45, 7) is 0.575. The summed E-state index contributed by atoms with van der Waals surface area (Å²) in [5.74, 6) is 0. The van der Waals surface area contributed by atoms with Gasteiger partial charge in [-0.3, -0.25) is 4.98 Å². The van der Waals surface area contributed by atoms with Crippen molar-refractivity contribution in [3.63, 3.8) is 0 Å². The van der Waals surface area contributed by atoms with E-state index in [1.54, 1.807) is 0 Å². The molecule has 2 aromatic carbocycles. The first kappa shape index (κ1) is 10.9. The van der Waals surface area contributed by atoms with E-state index >= 15 is 0 Å². The maximum Gasteiger partial charge on any atom is 0.0346 e. The van der Waals surface area contributed by atoms with Crippen LogP contribution in [0.25, 0.3) is 21.9 Å². The zero-order chi connectivity index (χ0) is 12.4. The van der Waals surface area contributed by atoms with Crippen LogP contribution in [0, 0.1) is 0 Å². The summed E-state index contributed by atoms with van der Waals surface area (Å²) in [6, 6.07) is 16.8. The molecule has 2 N–H and O–H groups in total. The zero-order valence-electron chi connectivity index (χ0n) is 10.0. The molecule has 0 bridgehead atoms. The Kier molecular flexibility index (Phi) is 2.79. The Morgan fingerprint density at radius 2 is 1.78 bits per heavy atom. The Morgan fingerprint density at radius 1 is 0.889 bits per heavy atom. The molecule has 18 heavy (non-hydrogen) atoms. The highest BCUT2D eigenvalue weighted by Gasteiger charge is 2.00. The first-order chi connectivity index (χ1) is 8.86. The van der Waals surface area contributed by atoms with Gasteiger partial charge in [0, 0.05) is 24.3 Å². The Balaban J connectivity index is 2.13. The van der Waals surface area contributed by atoms with Crippen molar-refractivity contribution in [2.24, 2.45) is 5.73 Å². The van der Waals surface area contributed by atoms with Gasteiger partial charge in [0.05, 0.1) is 0 Å². The molecular formula is C16H14N2. The van der Waals surface area contributed by atoms with Crippen molar-refractivity contribution >= 4 is 10.8 Å². The maximum atomic E-state index is 5.68. The van der Waals surface area contributed by atoms with Crippen molar-refractivity contribution in [1.82, 2.24) is 4.98 Å². The third kappa shape index (κ3) is 1.98. The van der Waals surface area contributed by atoms with Crippen LogP contribution in [-0.2, 0) is 6.54 Å². The summed E-state index contributed by atoms with van der Waals surface area (Å²) in [4.78, 5) is 4.13. The van der Waals surface area contributed by atoms with Gasteiger partial charge in [-0.15, -0.1) is 0 Å². The van der Waals surface area contributed by atoms with Gasteiger partial charge < -0.3 is 5.73 Å². The second kappa shape index (κ2) is 4.59. The van der Waals surface area contributed by atoms with Gasteiger partial charge >= 0.3 is 0 Å². The summed E-state index contributed by atoms with van der Waals surface area (Å²) in [5, 5.41) is 2.37. The number of nitrogens with two attached hydrogens (primary N) is 1. The summed E-state index contributed by atoms with van der Waals surface area (Å²) < 4.78 is 0. The van der Waals surface area contributed by atoms with Crippen LogP contribution < -0.4 is 5.73 Å². The fourth-order valence-electron chi connectivity index (χ4n) is 2.14. The molecule has 0 aliphatic carbocycles. The van der Waals surface area contributed by atoms with Crippen molar-refractivity contribution in [2.75, 3.05) is 0 Å². The maximum absolute atomic E-state index is 5.68. The average molecular weight is 234 g/mol. The molecule has 0 aliphatic rings. The number of pyridine rings is 1. The van der Waals surface area contributed by atoms with E-state index in [4.69, 9.17) is 5.73 Å². The molecule has 3 rings (SSSR count). The third-order valence-electron chi connectivity index (χ3n) is 3.14. The van der Waals surface area contributed by atoms with Crippen molar-refractivity contribution < 1.29 is 0 Å². The average Bonchev–Trinajstić information content (AvgIpc) is 2.47. The van der Waals surface area contributed by atoms with Crippen molar-refractivity contribution in [3.8, 4) is 11.1 Å². The van der Waals surface area contributed by atoms with Crippen molar-refractivity contribution in [2.45, 2.75) is 6.54 Å². The first-order valence-corrected chi connectivity index (χ1v) is 6.00. The van der Waals surface area contributed by atoms with E-state index in [9.17, 15) is 0 Å². The third-order valence-corrected chi connectivity index (χ3v) is 3.14. The quantitative estimate of drug-likeness (QED) is 0.738. The smallest absolute Gasteiger partial charge is 0.0346 e. The number of fused-ring (bicyclic) bond motifs is 1. The zero-order valence-corrected chi connectivity index (χ0v) is 10.0. The van der Waals surface area contributed by atoms with Crippen LogP contribution in [0.1, 0.15) is 5.56 Å². The molecule has 1 aromatic heterocycles. The minimum absolute atomic E-state index is 0.575. The fraction of sp³-hybridized carbons (Fsp3) is 0.0625. The topological polar surface area (TPSA) is 38.9 Å². The first-order valence-electron chi connectivity index (χ1n) is 6.00. The normalized spacial score (nSPS) is 10.7. The van der Waals surface area contributed by atoms with E-state index in [0.29, 0.717) is 6.54 Å². The predicted molar refractivity (Wildman–Crippen MR) is 75.1 cm³/mol. The van der Waals surface area contributed by atoms with Gasteiger partial charge in [0.15, 0.2) is 0 Å². The summed E-state index contributed by atoms with van der Waals surface area (Å²) >= 11 is 0. The minimum Gasteiger partial charge on any atom is -0.326 e. The number of hydrogen-bond acceptors (Lipinski definition) is 2. The number of benzene rings is 2.